The highest BCUT2D eigenvalue weighted by molar-refractivity contribution is 7.89. The van der Waals surface area contributed by atoms with Gasteiger partial charge in [-0.25, -0.2) is 13.6 Å². The van der Waals surface area contributed by atoms with Gasteiger partial charge in [0.05, 0.1) is 4.90 Å². The Hall–Kier alpha value is -2.45. The van der Waals surface area contributed by atoms with Crippen LogP contribution in [0.25, 0.3) is 0 Å². The molecule has 0 atom stereocenters. The van der Waals surface area contributed by atoms with Crippen LogP contribution in [0, 0.1) is 0 Å². The van der Waals surface area contributed by atoms with Gasteiger partial charge in [-0.2, -0.15) is 0 Å². The zero-order valence-electron chi connectivity index (χ0n) is 11.9. The van der Waals surface area contributed by atoms with E-state index in [1.54, 1.807) is 0 Å². The first kappa shape index (κ1) is 17.6. The Morgan fingerprint density at radius 1 is 1.14 bits per heavy atom. The van der Waals surface area contributed by atoms with Crippen LogP contribution in [0.2, 0.25) is 0 Å². The fraction of sp³-hybridized carbons (Fsp3) is 0.143. The number of nitrogens with two attached hydrogens (primary N) is 1. The van der Waals surface area contributed by atoms with Crippen molar-refractivity contribution in [3.63, 3.8) is 0 Å². The predicted molar refractivity (Wildman–Crippen MR) is 83.4 cm³/mol. The molecule has 7 nitrogen and oxygen atoms in total. The van der Waals surface area contributed by atoms with E-state index in [-0.39, 0.29) is 23.7 Å². The molecule has 1 aromatic carbocycles. The molecule has 0 aliphatic rings. The molecule has 0 aliphatic carbocycles. The lowest BCUT2D eigenvalue weighted by molar-refractivity contribution is -0.142. The summed E-state index contributed by atoms with van der Waals surface area (Å²) in [6, 6.07) is 5.16. The first-order chi connectivity index (χ1) is 10.3. The minimum Gasteiger partial charge on any atom is -0.327 e. The molecule has 22 heavy (non-hydrogen) atoms. The van der Waals surface area contributed by atoms with Crippen LogP contribution >= 0.6 is 0 Å². The van der Waals surface area contributed by atoms with Crippen LogP contribution in [-0.2, 0) is 19.6 Å². The van der Waals surface area contributed by atoms with Gasteiger partial charge in [0.1, 0.15) is 0 Å². The third kappa shape index (κ3) is 4.83. The molecule has 0 aromatic heterocycles. The number of nitrogens with one attached hydrogen (secondary N) is 1. The Labute approximate surface area is 129 Å². The number of benzene rings is 1. The van der Waals surface area contributed by atoms with E-state index in [0.29, 0.717) is 0 Å². The van der Waals surface area contributed by atoms with E-state index in [0.717, 1.165) is 0 Å². The molecule has 1 aromatic rings. The van der Waals surface area contributed by atoms with Crippen LogP contribution in [0.3, 0.4) is 0 Å². The van der Waals surface area contributed by atoms with Crippen molar-refractivity contribution in [3.8, 4) is 0 Å². The smallest absolute Gasteiger partial charge is 0.313 e. The molecular formula is C14H17N3O4S. The molecule has 0 radical (unpaired) electrons. The molecule has 0 saturated carbocycles. The Morgan fingerprint density at radius 2 is 1.64 bits per heavy atom. The van der Waals surface area contributed by atoms with Gasteiger partial charge < -0.3 is 10.2 Å². The lowest BCUT2D eigenvalue weighted by Gasteiger charge is -2.18. The summed E-state index contributed by atoms with van der Waals surface area (Å²) in [4.78, 5) is 25.0. The zero-order chi connectivity index (χ0) is 16.8. The van der Waals surface area contributed by atoms with Crippen LogP contribution < -0.4 is 10.5 Å². The lowest BCUT2D eigenvalue weighted by atomic mass is 10.3. The summed E-state index contributed by atoms with van der Waals surface area (Å²) in [5, 5.41) is 7.35. The molecule has 0 unspecified atom stereocenters. The van der Waals surface area contributed by atoms with E-state index in [1.807, 2.05) is 0 Å². The molecule has 3 N–H and O–H groups in total. The number of primary sulfonamides is 1. The van der Waals surface area contributed by atoms with Gasteiger partial charge in [-0.1, -0.05) is 12.2 Å². The number of hydrogen-bond acceptors (Lipinski definition) is 4. The van der Waals surface area contributed by atoms with Gasteiger partial charge in [0.2, 0.25) is 10.0 Å². The summed E-state index contributed by atoms with van der Waals surface area (Å²) in [5.74, 6) is -1.58. The van der Waals surface area contributed by atoms with Gasteiger partial charge in [0, 0.05) is 18.8 Å². The summed E-state index contributed by atoms with van der Waals surface area (Å²) in [6.07, 6.45) is 2.99. The second kappa shape index (κ2) is 7.53. The summed E-state index contributed by atoms with van der Waals surface area (Å²) < 4.78 is 22.2. The lowest BCUT2D eigenvalue weighted by Crippen LogP contribution is -2.39. The number of amides is 2. The molecule has 0 heterocycles. The SMILES string of the molecule is C=CCN(CC=C)C(=O)C(=O)Nc1ccc(S(N)(=O)=O)cc1. The average Bonchev–Trinajstić information content (AvgIpc) is 2.46. The second-order valence-electron chi connectivity index (χ2n) is 4.31. The number of sulfonamides is 1. The maximum Gasteiger partial charge on any atom is 0.313 e. The summed E-state index contributed by atoms with van der Waals surface area (Å²) in [5.41, 5.74) is 0.280. The molecule has 0 fully saturated rings. The fourth-order valence-corrected chi connectivity index (χ4v) is 2.12. The van der Waals surface area contributed by atoms with Crippen LogP contribution in [0.15, 0.2) is 54.5 Å². The van der Waals surface area contributed by atoms with Gasteiger partial charge in [0.25, 0.3) is 0 Å². The molecule has 118 valence electrons. The fourth-order valence-electron chi connectivity index (χ4n) is 1.61. The van der Waals surface area contributed by atoms with Gasteiger partial charge in [0.15, 0.2) is 0 Å². The van der Waals surface area contributed by atoms with E-state index in [4.69, 9.17) is 5.14 Å². The van der Waals surface area contributed by atoms with E-state index >= 15 is 0 Å². The molecule has 0 bridgehead atoms. The van der Waals surface area contributed by atoms with Crippen molar-refractivity contribution >= 4 is 27.5 Å². The van der Waals surface area contributed by atoms with Gasteiger partial charge in [-0.15, -0.1) is 13.2 Å². The second-order valence-corrected chi connectivity index (χ2v) is 5.87. The van der Waals surface area contributed by atoms with Gasteiger partial charge in [-0.3, -0.25) is 9.59 Å². The molecule has 0 aliphatic heterocycles. The molecule has 1 rings (SSSR count). The number of rotatable bonds is 6. The van der Waals surface area contributed by atoms with Crippen LogP contribution in [0.4, 0.5) is 5.69 Å². The highest BCUT2D eigenvalue weighted by atomic mass is 32.2. The third-order valence-electron chi connectivity index (χ3n) is 2.62. The summed E-state index contributed by atoms with van der Waals surface area (Å²) in [6.45, 7) is 7.45. The monoisotopic (exact) mass is 323 g/mol. The standard InChI is InChI=1S/C14H17N3O4S/c1-3-9-17(10-4-2)14(19)13(18)16-11-5-7-12(8-6-11)22(15,20)21/h3-8H,1-2,9-10H2,(H,16,18)(H2,15,20,21). The predicted octanol–water partition coefficient (Wildman–Crippen LogP) is 0.473. The molecular weight excluding hydrogens is 306 g/mol. The number of hydrogen-bond donors (Lipinski definition) is 2. The minimum absolute atomic E-state index is 0.0863. The van der Waals surface area contributed by atoms with Crippen LogP contribution in [0.5, 0.6) is 0 Å². The van der Waals surface area contributed by atoms with Crippen molar-refractivity contribution in [2.75, 3.05) is 18.4 Å². The minimum atomic E-state index is -3.80. The number of nitrogens with zero attached hydrogens (tertiary/aromatic N) is 1. The zero-order valence-corrected chi connectivity index (χ0v) is 12.7. The highest BCUT2D eigenvalue weighted by Crippen LogP contribution is 2.12. The molecule has 2 amide bonds. The molecule has 0 saturated heterocycles. The molecule has 8 heteroatoms. The average molecular weight is 323 g/mol. The Kier molecular flexibility index (Phi) is 6.02. The van der Waals surface area contributed by atoms with Gasteiger partial charge >= 0.3 is 11.8 Å². The number of carbonyl (C=O) groups excluding carboxylic acids is 2. The van der Waals surface area contributed by atoms with Crippen molar-refractivity contribution in [2.45, 2.75) is 4.90 Å². The Bertz CT molecular complexity index is 671. The van der Waals surface area contributed by atoms with Gasteiger partial charge in [-0.05, 0) is 24.3 Å². The van der Waals surface area contributed by atoms with Crippen molar-refractivity contribution in [1.29, 1.82) is 0 Å². The van der Waals surface area contributed by atoms with E-state index in [2.05, 4.69) is 18.5 Å². The summed E-state index contributed by atoms with van der Waals surface area (Å²) in [7, 11) is -3.80. The molecule has 0 spiro atoms. The topological polar surface area (TPSA) is 110 Å². The maximum absolute atomic E-state index is 12.0. The van der Waals surface area contributed by atoms with Crippen molar-refractivity contribution in [2.24, 2.45) is 5.14 Å². The maximum atomic E-state index is 12.0. The van der Waals surface area contributed by atoms with E-state index < -0.39 is 21.8 Å². The van der Waals surface area contributed by atoms with Crippen molar-refractivity contribution < 1.29 is 18.0 Å². The largest absolute Gasteiger partial charge is 0.327 e. The van der Waals surface area contributed by atoms with Crippen LogP contribution in [0.1, 0.15) is 0 Å². The summed E-state index contributed by atoms with van der Waals surface area (Å²) >= 11 is 0. The van der Waals surface area contributed by atoms with Crippen molar-refractivity contribution in [1.82, 2.24) is 4.90 Å². The first-order valence-electron chi connectivity index (χ1n) is 6.24. The highest BCUT2D eigenvalue weighted by Gasteiger charge is 2.20. The Balaban J connectivity index is 2.81. The Morgan fingerprint density at radius 3 is 2.05 bits per heavy atom. The number of anilines is 1. The normalized spacial score (nSPS) is 10.6. The van der Waals surface area contributed by atoms with E-state index in [1.165, 1.54) is 41.3 Å². The van der Waals surface area contributed by atoms with Crippen LogP contribution in [-0.4, -0.2) is 38.2 Å². The quantitative estimate of drug-likeness (QED) is 0.586. The first-order valence-corrected chi connectivity index (χ1v) is 7.79. The van der Waals surface area contributed by atoms with Crippen molar-refractivity contribution in [3.05, 3.63) is 49.6 Å². The third-order valence-corrected chi connectivity index (χ3v) is 3.55. The van der Waals surface area contributed by atoms with E-state index in [9.17, 15) is 18.0 Å². The number of carbonyl (C=O) groups is 2.